The van der Waals surface area contributed by atoms with Crippen LogP contribution in [0, 0.1) is 4.64 Å². The van der Waals surface area contributed by atoms with E-state index in [1.165, 1.54) is 0 Å². The van der Waals surface area contributed by atoms with Gasteiger partial charge in [0.25, 0.3) is 0 Å². The first-order valence-corrected chi connectivity index (χ1v) is 6.48. The SMILES string of the molecule is CC(C)(C)c1cc(=S)nc(C2(C)CCCO2)[nH]1. The van der Waals surface area contributed by atoms with Crippen LogP contribution in [-0.2, 0) is 15.8 Å². The highest BCUT2D eigenvalue weighted by Crippen LogP contribution is 2.34. The molecule has 1 aromatic rings. The molecule has 1 aliphatic heterocycles. The summed E-state index contributed by atoms with van der Waals surface area (Å²) >= 11 is 5.25. The summed E-state index contributed by atoms with van der Waals surface area (Å²) in [7, 11) is 0. The van der Waals surface area contributed by atoms with Crippen molar-refractivity contribution in [2.75, 3.05) is 6.61 Å². The van der Waals surface area contributed by atoms with Crippen LogP contribution in [0.25, 0.3) is 0 Å². The summed E-state index contributed by atoms with van der Waals surface area (Å²) in [5, 5.41) is 0. The van der Waals surface area contributed by atoms with E-state index in [0.717, 1.165) is 31.0 Å². The van der Waals surface area contributed by atoms with E-state index >= 15 is 0 Å². The number of aromatic amines is 1. The average Bonchev–Trinajstić information content (AvgIpc) is 2.64. The lowest BCUT2D eigenvalue weighted by Gasteiger charge is -2.25. The highest BCUT2D eigenvalue weighted by Gasteiger charge is 2.34. The highest BCUT2D eigenvalue weighted by atomic mass is 32.1. The van der Waals surface area contributed by atoms with Crippen molar-refractivity contribution >= 4 is 12.2 Å². The number of ether oxygens (including phenoxy) is 1. The van der Waals surface area contributed by atoms with Crippen LogP contribution in [0.5, 0.6) is 0 Å². The van der Waals surface area contributed by atoms with Gasteiger partial charge in [-0.05, 0) is 25.8 Å². The summed E-state index contributed by atoms with van der Waals surface area (Å²) in [5.41, 5.74) is 0.860. The van der Waals surface area contributed by atoms with Crippen LogP contribution in [0.2, 0.25) is 0 Å². The molecule has 1 aromatic heterocycles. The summed E-state index contributed by atoms with van der Waals surface area (Å²) in [6, 6.07) is 1.94. The number of hydrogen-bond donors (Lipinski definition) is 1. The molecule has 1 atom stereocenters. The quantitative estimate of drug-likeness (QED) is 0.778. The second-order valence-electron chi connectivity index (χ2n) is 5.91. The maximum atomic E-state index is 5.81. The maximum absolute atomic E-state index is 5.81. The minimum Gasteiger partial charge on any atom is -0.367 e. The van der Waals surface area contributed by atoms with Gasteiger partial charge in [0.15, 0.2) is 0 Å². The third-order valence-corrected chi connectivity index (χ3v) is 3.48. The number of hydrogen-bond acceptors (Lipinski definition) is 3. The van der Waals surface area contributed by atoms with Crippen molar-refractivity contribution in [2.24, 2.45) is 0 Å². The number of nitrogens with zero attached hydrogens (tertiary/aromatic N) is 1. The van der Waals surface area contributed by atoms with Gasteiger partial charge in [0.1, 0.15) is 16.1 Å². The van der Waals surface area contributed by atoms with Crippen LogP contribution in [-0.4, -0.2) is 16.6 Å². The molecule has 1 aliphatic rings. The summed E-state index contributed by atoms with van der Waals surface area (Å²) in [5.74, 6) is 0.868. The molecule has 2 rings (SSSR count). The fourth-order valence-corrected chi connectivity index (χ4v) is 2.29. The molecule has 3 nitrogen and oxygen atoms in total. The third kappa shape index (κ3) is 2.58. The van der Waals surface area contributed by atoms with Gasteiger partial charge in [0, 0.05) is 17.7 Å². The topological polar surface area (TPSA) is 37.9 Å². The van der Waals surface area contributed by atoms with E-state index in [-0.39, 0.29) is 11.0 Å². The Morgan fingerprint density at radius 3 is 2.71 bits per heavy atom. The number of rotatable bonds is 1. The molecule has 1 saturated heterocycles. The van der Waals surface area contributed by atoms with Crippen LogP contribution in [0.15, 0.2) is 6.07 Å². The van der Waals surface area contributed by atoms with Crippen LogP contribution in [0.4, 0.5) is 0 Å². The molecule has 0 amide bonds. The van der Waals surface area contributed by atoms with Gasteiger partial charge >= 0.3 is 0 Å². The van der Waals surface area contributed by atoms with Crippen LogP contribution >= 0.6 is 12.2 Å². The first kappa shape index (κ1) is 12.7. The zero-order valence-electron chi connectivity index (χ0n) is 11.0. The van der Waals surface area contributed by atoms with Gasteiger partial charge in [-0.2, -0.15) is 0 Å². The molecule has 1 fully saturated rings. The van der Waals surface area contributed by atoms with Crippen molar-refractivity contribution in [2.45, 2.75) is 51.6 Å². The molecule has 1 unspecified atom stereocenters. The third-order valence-electron chi connectivity index (χ3n) is 3.27. The molecular formula is C13H20N2OS. The lowest BCUT2D eigenvalue weighted by atomic mass is 9.91. The van der Waals surface area contributed by atoms with E-state index in [1.807, 2.05) is 6.07 Å². The van der Waals surface area contributed by atoms with Crippen LogP contribution in [0.1, 0.15) is 52.1 Å². The molecule has 0 bridgehead atoms. The second kappa shape index (κ2) is 4.18. The largest absolute Gasteiger partial charge is 0.367 e. The molecule has 17 heavy (non-hydrogen) atoms. The second-order valence-corrected chi connectivity index (χ2v) is 6.33. The van der Waals surface area contributed by atoms with Crippen LogP contribution in [0.3, 0.4) is 0 Å². The molecule has 0 saturated carbocycles. The molecule has 2 heterocycles. The Bertz CT molecular complexity index is 467. The monoisotopic (exact) mass is 252 g/mol. The van der Waals surface area contributed by atoms with Gasteiger partial charge in [-0.3, -0.25) is 0 Å². The van der Waals surface area contributed by atoms with E-state index in [0.29, 0.717) is 4.64 Å². The lowest BCUT2D eigenvalue weighted by molar-refractivity contribution is 0.00893. The Hall–Kier alpha value is -0.740. The van der Waals surface area contributed by atoms with Crippen molar-refractivity contribution < 1.29 is 4.74 Å². The average molecular weight is 252 g/mol. The van der Waals surface area contributed by atoms with Crippen molar-refractivity contribution in [1.29, 1.82) is 0 Å². The lowest BCUT2D eigenvalue weighted by Crippen LogP contribution is -2.26. The Labute approximate surface area is 108 Å². The maximum Gasteiger partial charge on any atom is 0.140 e. The van der Waals surface area contributed by atoms with Crippen molar-refractivity contribution in [1.82, 2.24) is 9.97 Å². The number of nitrogens with one attached hydrogen (secondary N) is 1. The van der Waals surface area contributed by atoms with Crippen molar-refractivity contribution in [3.8, 4) is 0 Å². The molecule has 94 valence electrons. The minimum absolute atomic E-state index is 0.0419. The van der Waals surface area contributed by atoms with Gasteiger partial charge in [0.2, 0.25) is 0 Å². The van der Waals surface area contributed by atoms with Crippen molar-refractivity contribution in [3.63, 3.8) is 0 Å². The summed E-state index contributed by atoms with van der Waals surface area (Å²) in [6.45, 7) is 9.37. The van der Waals surface area contributed by atoms with Gasteiger partial charge in [0.05, 0.1) is 0 Å². The first-order valence-electron chi connectivity index (χ1n) is 6.08. The van der Waals surface area contributed by atoms with Crippen molar-refractivity contribution in [3.05, 3.63) is 22.2 Å². The summed E-state index contributed by atoms with van der Waals surface area (Å²) < 4.78 is 6.45. The zero-order valence-corrected chi connectivity index (χ0v) is 11.8. The predicted molar refractivity (Wildman–Crippen MR) is 70.7 cm³/mol. The molecule has 0 aromatic carbocycles. The highest BCUT2D eigenvalue weighted by molar-refractivity contribution is 7.71. The normalized spacial score (nSPS) is 25.2. The number of H-pyrrole nitrogens is 1. The van der Waals surface area contributed by atoms with E-state index in [1.54, 1.807) is 0 Å². The van der Waals surface area contributed by atoms with E-state index in [9.17, 15) is 0 Å². The van der Waals surface area contributed by atoms with E-state index in [2.05, 4.69) is 37.7 Å². The summed E-state index contributed by atoms with van der Waals surface area (Å²) in [4.78, 5) is 7.84. The zero-order chi connectivity index (χ0) is 12.7. The predicted octanol–water partition coefficient (Wildman–Crippen LogP) is 3.46. The van der Waals surface area contributed by atoms with Gasteiger partial charge < -0.3 is 9.72 Å². The Morgan fingerprint density at radius 1 is 1.47 bits per heavy atom. The molecule has 0 spiro atoms. The van der Waals surface area contributed by atoms with Gasteiger partial charge in [-0.25, -0.2) is 4.98 Å². The molecule has 4 heteroatoms. The smallest absolute Gasteiger partial charge is 0.140 e. The van der Waals surface area contributed by atoms with E-state index < -0.39 is 0 Å². The number of aromatic nitrogens is 2. The Morgan fingerprint density at radius 2 is 2.18 bits per heavy atom. The molecule has 0 aliphatic carbocycles. The minimum atomic E-state index is -0.297. The fraction of sp³-hybridized carbons (Fsp3) is 0.692. The molecule has 0 radical (unpaired) electrons. The van der Waals surface area contributed by atoms with Crippen LogP contribution < -0.4 is 0 Å². The Kier molecular flexibility index (Phi) is 3.12. The standard InChI is InChI=1S/C13H20N2OS/c1-12(2,3)9-8-10(17)15-11(14-9)13(4)6-5-7-16-13/h8H,5-7H2,1-4H3,(H,14,15,17). The Balaban J connectivity index is 2.49. The first-order chi connectivity index (χ1) is 7.81. The van der Waals surface area contributed by atoms with Gasteiger partial charge in [-0.1, -0.05) is 33.0 Å². The van der Waals surface area contributed by atoms with Gasteiger partial charge in [-0.15, -0.1) is 0 Å². The molecule has 1 N–H and O–H groups in total. The van der Waals surface area contributed by atoms with E-state index in [4.69, 9.17) is 17.0 Å². The molecular weight excluding hydrogens is 232 g/mol. The summed E-state index contributed by atoms with van der Waals surface area (Å²) in [6.07, 6.45) is 2.08. The fourth-order valence-electron chi connectivity index (χ4n) is 2.08.